The van der Waals surface area contributed by atoms with Gasteiger partial charge in [-0.1, -0.05) is 30.0 Å². The summed E-state index contributed by atoms with van der Waals surface area (Å²) in [5, 5.41) is 14.5. The number of hydrogen-bond donors (Lipinski definition) is 1. The maximum absolute atomic E-state index is 12.2. The molecule has 0 bridgehead atoms. The van der Waals surface area contributed by atoms with E-state index in [0.717, 1.165) is 17.0 Å². The number of thioether (sulfide) groups is 1. The summed E-state index contributed by atoms with van der Waals surface area (Å²) in [6, 6.07) is 7.61. The molecule has 0 radical (unpaired) electrons. The van der Waals surface area contributed by atoms with Crippen molar-refractivity contribution in [2.45, 2.75) is 18.6 Å². The Hall–Kier alpha value is -2.65. The highest BCUT2D eigenvalue weighted by atomic mass is 32.2. The molecule has 0 saturated carbocycles. The van der Waals surface area contributed by atoms with Crippen LogP contribution in [0.5, 0.6) is 5.75 Å². The molecule has 0 atom stereocenters. The number of benzene rings is 1. The molecule has 0 spiro atoms. The van der Waals surface area contributed by atoms with E-state index in [0.29, 0.717) is 22.7 Å². The summed E-state index contributed by atoms with van der Waals surface area (Å²) in [5.41, 5.74) is 1.77. The Bertz CT molecular complexity index is 951. The lowest BCUT2D eigenvalue weighted by Crippen LogP contribution is -2.14. The molecule has 140 valence electrons. The molecule has 3 rings (SSSR count). The fourth-order valence-electron chi connectivity index (χ4n) is 2.36. The second-order valence-corrected chi connectivity index (χ2v) is 7.37. The lowest BCUT2D eigenvalue weighted by molar-refractivity contribution is -0.113. The molecule has 0 aliphatic heterocycles. The van der Waals surface area contributed by atoms with E-state index in [1.165, 1.54) is 23.1 Å². The molecule has 7 nitrogen and oxygen atoms in total. The van der Waals surface area contributed by atoms with Gasteiger partial charge in [0.25, 0.3) is 0 Å². The molecule has 1 N–H and O–H groups in total. The number of aryl methyl sites for hydroxylation is 1. The molecule has 2 heterocycles. The van der Waals surface area contributed by atoms with Gasteiger partial charge in [0.05, 0.1) is 18.6 Å². The van der Waals surface area contributed by atoms with Crippen molar-refractivity contribution in [1.29, 1.82) is 0 Å². The Morgan fingerprint density at radius 3 is 3.00 bits per heavy atom. The summed E-state index contributed by atoms with van der Waals surface area (Å²) in [5.74, 6) is 1.53. The van der Waals surface area contributed by atoms with Crippen LogP contribution in [-0.2, 0) is 11.3 Å². The van der Waals surface area contributed by atoms with E-state index < -0.39 is 0 Å². The van der Waals surface area contributed by atoms with E-state index in [1.807, 2.05) is 41.1 Å². The molecular weight excluding hydrogens is 382 g/mol. The second-order valence-electron chi connectivity index (χ2n) is 5.57. The first kappa shape index (κ1) is 19.1. The van der Waals surface area contributed by atoms with Crippen LogP contribution in [0.1, 0.15) is 5.69 Å². The molecule has 0 unspecified atom stereocenters. The third kappa shape index (κ3) is 4.75. The first-order valence-electron chi connectivity index (χ1n) is 8.14. The van der Waals surface area contributed by atoms with Crippen LogP contribution in [0.4, 0.5) is 5.13 Å². The molecule has 2 aromatic heterocycles. The minimum atomic E-state index is -0.134. The van der Waals surface area contributed by atoms with Gasteiger partial charge in [-0.2, -0.15) is 0 Å². The first-order chi connectivity index (χ1) is 13.1. The van der Waals surface area contributed by atoms with E-state index in [-0.39, 0.29) is 11.7 Å². The predicted octanol–water partition coefficient (Wildman–Crippen LogP) is 3.64. The topological polar surface area (TPSA) is 81.9 Å². The minimum absolute atomic E-state index is 0.134. The first-order valence-corrected chi connectivity index (χ1v) is 10.0. The van der Waals surface area contributed by atoms with Crippen molar-refractivity contribution in [3.05, 3.63) is 48.0 Å². The number of nitrogens with one attached hydrogen (secondary N) is 1. The average molecular weight is 402 g/mol. The van der Waals surface area contributed by atoms with Crippen LogP contribution in [0.25, 0.3) is 11.4 Å². The van der Waals surface area contributed by atoms with Crippen LogP contribution in [0, 0.1) is 6.92 Å². The van der Waals surface area contributed by atoms with E-state index in [1.54, 1.807) is 13.2 Å². The zero-order valence-corrected chi connectivity index (χ0v) is 16.6. The smallest absolute Gasteiger partial charge is 0.236 e. The van der Waals surface area contributed by atoms with Gasteiger partial charge in [0.15, 0.2) is 16.1 Å². The number of nitrogens with zero attached hydrogens (tertiary/aromatic N) is 4. The minimum Gasteiger partial charge on any atom is -0.497 e. The highest BCUT2D eigenvalue weighted by Gasteiger charge is 2.16. The number of hydrogen-bond acceptors (Lipinski definition) is 7. The van der Waals surface area contributed by atoms with Crippen LogP contribution in [0.15, 0.2) is 47.5 Å². The Balaban J connectivity index is 1.74. The van der Waals surface area contributed by atoms with Gasteiger partial charge in [-0.3, -0.25) is 9.36 Å². The number of aromatic nitrogens is 4. The summed E-state index contributed by atoms with van der Waals surface area (Å²) in [4.78, 5) is 16.4. The summed E-state index contributed by atoms with van der Waals surface area (Å²) < 4.78 is 7.20. The fraction of sp³-hybridized carbons (Fsp3) is 0.222. The number of rotatable bonds is 8. The number of carbonyl (C=O) groups is 1. The molecule has 3 aromatic rings. The van der Waals surface area contributed by atoms with Crippen molar-refractivity contribution < 1.29 is 9.53 Å². The number of anilines is 1. The van der Waals surface area contributed by atoms with Crippen molar-refractivity contribution in [2.75, 3.05) is 18.2 Å². The van der Waals surface area contributed by atoms with Crippen molar-refractivity contribution in [3.8, 4) is 17.1 Å². The third-order valence-electron chi connectivity index (χ3n) is 3.55. The maximum Gasteiger partial charge on any atom is 0.236 e. The van der Waals surface area contributed by atoms with Gasteiger partial charge in [-0.05, 0) is 19.1 Å². The summed E-state index contributed by atoms with van der Waals surface area (Å²) in [6.45, 7) is 6.23. The standard InChI is InChI=1S/C18H19N5O2S2/c1-4-8-23-16(13-6-5-7-14(9-13)25-3)21-22-18(23)27-11-15(24)20-17-19-12(2)10-26-17/h4-7,9-10H,1,8,11H2,2-3H3,(H,19,20,24). The normalized spacial score (nSPS) is 10.6. The van der Waals surface area contributed by atoms with Gasteiger partial charge in [-0.25, -0.2) is 4.98 Å². The van der Waals surface area contributed by atoms with Crippen LogP contribution in [0.2, 0.25) is 0 Å². The number of thiazole rings is 1. The van der Waals surface area contributed by atoms with Gasteiger partial charge in [0, 0.05) is 17.5 Å². The Labute approximate surface area is 165 Å². The number of amides is 1. The van der Waals surface area contributed by atoms with Crippen molar-refractivity contribution in [2.24, 2.45) is 0 Å². The molecule has 27 heavy (non-hydrogen) atoms. The van der Waals surface area contributed by atoms with Gasteiger partial charge < -0.3 is 10.1 Å². The molecule has 0 aliphatic rings. The fourth-order valence-corrected chi connectivity index (χ4v) is 3.81. The van der Waals surface area contributed by atoms with Crippen LogP contribution >= 0.6 is 23.1 Å². The number of carbonyl (C=O) groups excluding carboxylic acids is 1. The quantitative estimate of drug-likeness (QED) is 0.458. The summed E-state index contributed by atoms with van der Waals surface area (Å²) in [7, 11) is 1.62. The molecule has 0 aliphatic carbocycles. The molecule has 1 aromatic carbocycles. The van der Waals surface area contributed by atoms with Gasteiger partial charge in [-0.15, -0.1) is 28.1 Å². The van der Waals surface area contributed by atoms with Crippen molar-refractivity contribution in [3.63, 3.8) is 0 Å². The molecule has 0 saturated heterocycles. The summed E-state index contributed by atoms with van der Waals surface area (Å²) in [6.07, 6.45) is 1.77. The van der Waals surface area contributed by atoms with Crippen LogP contribution in [0.3, 0.4) is 0 Å². The maximum atomic E-state index is 12.2. The van der Waals surface area contributed by atoms with Crippen LogP contribution < -0.4 is 10.1 Å². The Morgan fingerprint density at radius 1 is 1.44 bits per heavy atom. The predicted molar refractivity (Wildman–Crippen MR) is 108 cm³/mol. The van der Waals surface area contributed by atoms with Crippen molar-refractivity contribution >= 4 is 34.1 Å². The second kappa shape index (κ2) is 8.83. The number of methoxy groups -OCH3 is 1. The van der Waals surface area contributed by atoms with Crippen molar-refractivity contribution in [1.82, 2.24) is 19.7 Å². The molecule has 9 heteroatoms. The van der Waals surface area contributed by atoms with E-state index in [4.69, 9.17) is 4.74 Å². The van der Waals surface area contributed by atoms with Crippen LogP contribution in [-0.4, -0.2) is 38.5 Å². The van der Waals surface area contributed by atoms with Gasteiger partial charge in [0.1, 0.15) is 5.75 Å². The third-order valence-corrected chi connectivity index (χ3v) is 5.40. The van der Waals surface area contributed by atoms with E-state index >= 15 is 0 Å². The molecular formula is C18H19N5O2S2. The average Bonchev–Trinajstić information content (AvgIpc) is 3.26. The number of allylic oxidation sites excluding steroid dienone is 1. The monoisotopic (exact) mass is 401 g/mol. The zero-order chi connectivity index (χ0) is 19.2. The SMILES string of the molecule is C=CCn1c(SCC(=O)Nc2nc(C)cs2)nnc1-c1cccc(OC)c1. The Kier molecular flexibility index (Phi) is 6.25. The lowest BCUT2D eigenvalue weighted by Gasteiger charge is -2.08. The lowest BCUT2D eigenvalue weighted by atomic mass is 10.2. The van der Waals surface area contributed by atoms with Gasteiger partial charge >= 0.3 is 0 Å². The zero-order valence-electron chi connectivity index (χ0n) is 15.0. The largest absolute Gasteiger partial charge is 0.497 e. The summed E-state index contributed by atoms with van der Waals surface area (Å²) >= 11 is 2.73. The van der Waals surface area contributed by atoms with E-state index in [2.05, 4.69) is 27.1 Å². The van der Waals surface area contributed by atoms with Gasteiger partial charge in [0.2, 0.25) is 5.91 Å². The number of ether oxygens (including phenoxy) is 1. The molecule has 0 fully saturated rings. The Morgan fingerprint density at radius 2 is 2.30 bits per heavy atom. The van der Waals surface area contributed by atoms with E-state index in [9.17, 15) is 4.79 Å². The molecule has 1 amide bonds. The highest BCUT2D eigenvalue weighted by Crippen LogP contribution is 2.26. The highest BCUT2D eigenvalue weighted by molar-refractivity contribution is 7.99.